The van der Waals surface area contributed by atoms with Gasteiger partial charge in [0, 0.05) is 45.5 Å². The van der Waals surface area contributed by atoms with Crippen LogP contribution in [0.2, 0.25) is 0 Å². The topological polar surface area (TPSA) is 71.7 Å². The van der Waals surface area contributed by atoms with Crippen molar-refractivity contribution in [2.75, 3.05) is 32.8 Å². The molecule has 1 amide bonds. The van der Waals surface area contributed by atoms with E-state index in [-0.39, 0.29) is 6.09 Å². The molecular formula is C14H22N4O2. The van der Waals surface area contributed by atoms with E-state index in [0.717, 1.165) is 25.3 Å². The number of nitrogens with two attached hydrogens (primary N) is 1. The highest BCUT2D eigenvalue weighted by Gasteiger charge is 2.21. The summed E-state index contributed by atoms with van der Waals surface area (Å²) < 4.78 is 5.01. The van der Waals surface area contributed by atoms with Gasteiger partial charge in [0.2, 0.25) is 0 Å². The van der Waals surface area contributed by atoms with E-state index in [2.05, 4.69) is 9.88 Å². The molecule has 0 saturated carbocycles. The quantitative estimate of drug-likeness (QED) is 0.882. The second-order valence-electron chi connectivity index (χ2n) is 4.82. The number of ether oxygens (including phenoxy) is 1. The van der Waals surface area contributed by atoms with Gasteiger partial charge in [-0.25, -0.2) is 4.79 Å². The molecule has 0 spiro atoms. The predicted molar refractivity (Wildman–Crippen MR) is 76.0 cm³/mol. The minimum absolute atomic E-state index is 0.207. The normalized spacial score (nSPS) is 16.2. The molecule has 1 aliphatic rings. The minimum atomic E-state index is -0.207. The molecular weight excluding hydrogens is 256 g/mol. The summed E-state index contributed by atoms with van der Waals surface area (Å²) in [5.41, 5.74) is 7.72. The van der Waals surface area contributed by atoms with Gasteiger partial charge >= 0.3 is 6.09 Å². The molecule has 6 nitrogen and oxygen atoms in total. The van der Waals surface area contributed by atoms with Gasteiger partial charge in [0.1, 0.15) is 0 Å². The van der Waals surface area contributed by atoms with Crippen LogP contribution < -0.4 is 5.73 Å². The average molecular weight is 278 g/mol. The lowest BCUT2D eigenvalue weighted by atomic mass is 10.2. The van der Waals surface area contributed by atoms with Crippen molar-refractivity contribution >= 4 is 6.09 Å². The zero-order valence-corrected chi connectivity index (χ0v) is 11.9. The Bertz CT molecular complexity index is 445. The van der Waals surface area contributed by atoms with Gasteiger partial charge in [0.25, 0.3) is 0 Å². The first-order valence-corrected chi connectivity index (χ1v) is 7.01. The van der Waals surface area contributed by atoms with Crippen molar-refractivity contribution in [3.05, 3.63) is 29.6 Å². The van der Waals surface area contributed by atoms with E-state index in [9.17, 15) is 4.79 Å². The maximum Gasteiger partial charge on any atom is 0.409 e. The van der Waals surface area contributed by atoms with Gasteiger partial charge in [-0.2, -0.15) is 0 Å². The molecule has 1 fully saturated rings. The van der Waals surface area contributed by atoms with Crippen LogP contribution in [0.1, 0.15) is 18.2 Å². The van der Waals surface area contributed by atoms with Crippen LogP contribution in [0.3, 0.4) is 0 Å². The Morgan fingerprint density at radius 2 is 2.15 bits per heavy atom. The van der Waals surface area contributed by atoms with Crippen LogP contribution >= 0.6 is 0 Å². The van der Waals surface area contributed by atoms with Gasteiger partial charge in [-0.3, -0.25) is 9.88 Å². The third-order valence-electron chi connectivity index (χ3n) is 3.39. The van der Waals surface area contributed by atoms with Crippen molar-refractivity contribution in [1.82, 2.24) is 14.8 Å². The lowest BCUT2D eigenvalue weighted by Crippen LogP contribution is -2.48. The summed E-state index contributed by atoms with van der Waals surface area (Å²) in [6, 6.07) is 4.05. The number of carbonyl (C=O) groups excluding carboxylic acids is 1. The zero-order chi connectivity index (χ0) is 14.4. The number of piperazine rings is 1. The standard InChI is InChI=1S/C14H22N4O2/c1-2-20-14(19)18-7-5-17(6-8-18)11-12-3-4-16-13(9-12)10-15/h3-4,9H,2,5-8,10-11,15H2,1H3. The average Bonchev–Trinajstić information content (AvgIpc) is 2.48. The maximum atomic E-state index is 11.6. The summed E-state index contributed by atoms with van der Waals surface area (Å²) in [6.07, 6.45) is 1.59. The van der Waals surface area contributed by atoms with Crippen LogP contribution in [0.25, 0.3) is 0 Å². The monoisotopic (exact) mass is 278 g/mol. The van der Waals surface area contributed by atoms with E-state index in [1.165, 1.54) is 5.56 Å². The summed E-state index contributed by atoms with van der Waals surface area (Å²) in [5.74, 6) is 0. The Labute approximate surface area is 119 Å². The van der Waals surface area contributed by atoms with E-state index in [1.54, 1.807) is 11.1 Å². The molecule has 1 aromatic rings. The Kier molecular flexibility index (Phi) is 5.31. The van der Waals surface area contributed by atoms with E-state index in [1.807, 2.05) is 19.1 Å². The summed E-state index contributed by atoms with van der Waals surface area (Å²) in [4.78, 5) is 19.9. The third kappa shape index (κ3) is 3.91. The van der Waals surface area contributed by atoms with Crippen LogP contribution in [0, 0.1) is 0 Å². The molecule has 20 heavy (non-hydrogen) atoms. The van der Waals surface area contributed by atoms with Gasteiger partial charge in [-0.15, -0.1) is 0 Å². The fourth-order valence-corrected chi connectivity index (χ4v) is 2.30. The van der Waals surface area contributed by atoms with Crippen molar-refractivity contribution in [3.63, 3.8) is 0 Å². The second kappa shape index (κ2) is 7.21. The molecule has 1 aromatic heterocycles. The molecule has 2 N–H and O–H groups in total. The van der Waals surface area contributed by atoms with Crippen molar-refractivity contribution in [1.29, 1.82) is 0 Å². The van der Waals surface area contributed by atoms with Crippen LogP contribution in [-0.4, -0.2) is 53.7 Å². The fourth-order valence-electron chi connectivity index (χ4n) is 2.30. The first-order valence-electron chi connectivity index (χ1n) is 7.01. The fraction of sp³-hybridized carbons (Fsp3) is 0.571. The smallest absolute Gasteiger partial charge is 0.409 e. The Morgan fingerprint density at radius 1 is 1.40 bits per heavy atom. The Balaban J connectivity index is 1.83. The summed E-state index contributed by atoms with van der Waals surface area (Å²) >= 11 is 0. The highest BCUT2D eigenvalue weighted by molar-refractivity contribution is 5.67. The van der Waals surface area contributed by atoms with Gasteiger partial charge < -0.3 is 15.4 Å². The number of aromatic nitrogens is 1. The van der Waals surface area contributed by atoms with Gasteiger partial charge in [-0.05, 0) is 24.6 Å². The molecule has 0 atom stereocenters. The summed E-state index contributed by atoms with van der Waals surface area (Å²) in [6.45, 7) is 6.74. The first-order chi connectivity index (χ1) is 9.72. The van der Waals surface area contributed by atoms with Crippen molar-refractivity contribution < 1.29 is 9.53 Å². The molecule has 2 rings (SSSR count). The maximum absolute atomic E-state index is 11.6. The number of hydrogen-bond donors (Lipinski definition) is 1. The van der Waals surface area contributed by atoms with Gasteiger partial charge in [0.15, 0.2) is 0 Å². The number of hydrogen-bond acceptors (Lipinski definition) is 5. The highest BCUT2D eigenvalue weighted by Crippen LogP contribution is 2.10. The van der Waals surface area contributed by atoms with Crippen molar-refractivity contribution in [2.24, 2.45) is 5.73 Å². The van der Waals surface area contributed by atoms with E-state index >= 15 is 0 Å². The summed E-state index contributed by atoms with van der Waals surface area (Å²) in [5, 5.41) is 0. The molecule has 0 bridgehead atoms. The summed E-state index contributed by atoms with van der Waals surface area (Å²) in [7, 11) is 0. The zero-order valence-electron chi connectivity index (χ0n) is 11.9. The van der Waals surface area contributed by atoms with Crippen LogP contribution in [0.5, 0.6) is 0 Å². The van der Waals surface area contributed by atoms with Gasteiger partial charge in [0.05, 0.1) is 12.3 Å². The molecule has 0 aliphatic carbocycles. The predicted octanol–water partition coefficient (Wildman–Crippen LogP) is 0.814. The van der Waals surface area contributed by atoms with Crippen LogP contribution in [0.4, 0.5) is 4.79 Å². The van der Waals surface area contributed by atoms with Crippen LogP contribution in [0.15, 0.2) is 18.3 Å². The molecule has 2 heterocycles. The molecule has 0 unspecified atom stereocenters. The molecule has 0 aromatic carbocycles. The Hall–Kier alpha value is -1.66. The molecule has 0 radical (unpaired) electrons. The molecule has 1 saturated heterocycles. The highest BCUT2D eigenvalue weighted by atomic mass is 16.6. The largest absolute Gasteiger partial charge is 0.450 e. The SMILES string of the molecule is CCOC(=O)N1CCN(Cc2ccnc(CN)c2)CC1. The number of pyridine rings is 1. The number of carbonyl (C=O) groups is 1. The van der Waals surface area contributed by atoms with Crippen LogP contribution in [-0.2, 0) is 17.8 Å². The number of rotatable bonds is 4. The Morgan fingerprint density at radius 3 is 2.80 bits per heavy atom. The molecule has 6 heteroatoms. The van der Waals surface area contributed by atoms with Crippen molar-refractivity contribution in [2.45, 2.75) is 20.0 Å². The number of nitrogens with zero attached hydrogens (tertiary/aromatic N) is 3. The van der Waals surface area contributed by atoms with E-state index < -0.39 is 0 Å². The third-order valence-corrected chi connectivity index (χ3v) is 3.39. The first kappa shape index (κ1) is 14.7. The lowest BCUT2D eigenvalue weighted by molar-refractivity contribution is 0.0778. The van der Waals surface area contributed by atoms with E-state index in [0.29, 0.717) is 26.2 Å². The lowest BCUT2D eigenvalue weighted by Gasteiger charge is -2.34. The van der Waals surface area contributed by atoms with Crippen molar-refractivity contribution in [3.8, 4) is 0 Å². The second-order valence-corrected chi connectivity index (χ2v) is 4.82. The van der Waals surface area contributed by atoms with Gasteiger partial charge in [-0.1, -0.05) is 0 Å². The molecule has 1 aliphatic heterocycles. The molecule has 110 valence electrons. The van der Waals surface area contributed by atoms with E-state index in [4.69, 9.17) is 10.5 Å². The number of amides is 1. The minimum Gasteiger partial charge on any atom is -0.450 e.